The number of anilines is 2. The van der Waals surface area contributed by atoms with E-state index < -0.39 is 0 Å². The molecule has 2 aliphatic rings. The van der Waals surface area contributed by atoms with Crippen LogP contribution in [0.1, 0.15) is 23.4 Å². The molecule has 1 saturated heterocycles. The van der Waals surface area contributed by atoms with Crippen molar-refractivity contribution in [2.75, 3.05) is 43.3 Å². The monoisotopic (exact) mass is 450 g/mol. The molecular weight excluding hydrogens is 424 g/mol. The summed E-state index contributed by atoms with van der Waals surface area (Å²) in [4.78, 5) is 14.7. The highest BCUT2D eigenvalue weighted by Gasteiger charge is 2.18. The minimum atomic E-state index is -0.0740. The van der Waals surface area contributed by atoms with Gasteiger partial charge in [0.2, 0.25) is 12.7 Å². The highest BCUT2D eigenvalue weighted by molar-refractivity contribution is 5.91. The summed E-state index contributed by atoms with van der Waals surface area (Å²) in [7, 11) is 0. The van der Waals surface area contributed by atoms with E-state index in [0.29, 0.717) is 49.1 Å². The third-order valence-electron chi connectivity index (χ3n) is 5.89. The van der Waals surface area contributed by atoms with Crippen molar-refractivity contribution in [3.63, 3.8) is 0 Å². The molecule has 3 aromatic rings. The maximum atomic E-state index is 12.5. The minimum Gasteiger partial charge on any atom is -0.454 e. The van der Waals surface area contributed by atoms with Gasteiger partial charge in [0.25, 0.3) is 0 Å². The summed E-state index contributed by atoms with van der Waals surface area (Å²) in [6, 6.07) is 9.25. The number of benzene rings is 1. The van der Waals surface area contributed by atoms with E-state index in [1.54, 1.807) is 22.9 Å². The van der Waals surface area contributed by atoms with Gasteiger partial charge >= 0.3 is 0 Å². The Morgan fingerprint density at radius 1 is 1.03 bits per heavy atom. The van der Waals surface area contributed by atoms with Gasteiger partial charge in [-0.3, -0.25) is 4.79 Å². The lowest BCUT2D eigenvalue weighted by molar-refractivity contribution is -0.116. The molecule has 5 rings (SSSR count). The Balaban J connectivity index is 1.23. The summed E-state index contributed by atoms with van der Waals surface area (Å²) in [5.41, 5.74) is 3.55. The second kappa shape index (κ2) is 9.07. The SMILES string of the molecule is Cc1nn(-c2ccc(N3CCOCC3)nn2)c(C)c1CCC(=O)Nc1ccc2c(c1)OCO2. The number of aryl methyl sites for hydroxylation is 1. The molecule has 0 saturated carbocycles. The van der Waals surface area contributed by atoms with Crippen molar-refractivity contribution < 1.29 is 19.0 Å². The Hall–Kier alpha value is -3.66. The molecule has 2 aromatic heterocycles. The van der Waals surface area contributed by atoms with E-state index in [2.05, 4.69) is 25.5 Å². The number of ether oxygens (including phenoxy) is 3. The molecule has 33 heavy (non-hydrogen) atoms. The van der Waals surface area contributed by atoms with E-state index in [-0.39, 0.29) is 12.7 Å². The number of nitrogens with one attached hydrogen (secondary N) is 1. The Kier molecular flexibility index (Phi) is 5.82. The predicted octanol–water partition coefficient (Wildman–Crippen LogP) is 2.42. The zero-order valence-electron chi connectivity index (χ0n) is 18.7. The van der Waals surface area contributed by atoms with Crippen molar-refractivity contribution in [2.24, 2.45) is 0 Å². The van der Waals surface area contributed by atoms with E-state index in [4.69, 9.17) is 14.2 Å². The first-order valence-corrected chi connectivity index (χ1v) is 11.0. The van der Waals surface area contributed by atoms with Gasteiger partial charge in [0, 0.05) is 37.0 Å². The van der Waals surface area contributed by atoms with Crippen molar-refractivity contribution >= 4 is 17.4 Å². The molecule has 1 aromatic carbocycles. The van der Waals surface area contributed by atoms with E-state index in [9.17, 15) is 4.79 Å². The van der Waals surface area contributed by atoms with Crippen molar-refractivity contribution in [1.29, 1.82) is 0 Å². The van der Waals surface area contributed by atoms with Gasteiger partial charge in [0.15, 0.2) is 23.1 Å². The van der Waals surface area contributed by atoms with Gasteiger partial charge in [-0.25, -0.2) is 4.68 Å². The maximum absolute atomic E-state index is 12.5. The summed E-state index contributed by atoms with van der Waals surface area (Å²) >= 11 is 0. The summed E-state index contributed by atoms with van der Waals surface area (Å²) in [6.07, 6.45) is 0.913. The Morgan fingerprint density at radius 2 is 1.79 bits per heavy atom. The Labute approximate surface area is 191 Å². The third-order valence-corrected chi connectivity index (χ3v) is 5.89. The number of rotatable bonds is 6. The average Bonchev–Trinajstić information content (AvgIpc) is 3.42. The van der Waals surface area contributed by atoms with Gasteiger partial charge < -0.3 is 24.4 Å². The summed E-state index contributed by atoms with van der Waals surface area (Å²) in [5, 5.41) is 16.3. The number of amides is 1. The lowest BCUT2D eigenvalue weighted by Crippen LogP contribution is -2.36. The first-order chi connectivity index (χ1) is 16.1. The lowest BCUT2D eigenvalue weighted by Gasteiger charge is -2.27. The summed E-state index contributed by atoms with van der Waals surface area (Å²) in [6.45, 7) is 7.17. The molecule has 1 amide bonds. The number of carbonyl (C=O) groups is 1. The molecule has 0 unspecified atom stereocenters. The maximum Gasteiger partial charge on any atom is 0.231 e. The highest BCUT2D eigenvalue weighted by atomic mass is 16.7. The standard InChI is InChI=1S/C23H26N6O4/c1-15-18(4-8-23(30)24-17-3-5-19-20(13-17)33-14-32-19)16(2)29(27-15)22-7-6-21(25-26-22)28-9-11-31-12-10-28/h3,5-7,13H,4,8-12,14H2,1-2H3,(H,24,30). The van der Waals surface area contributed by atoms with Gasteiger partial charge in [0.1, 0.15) is 0 Å². The van der Waals surface area contributed by atoms with Gasteiger partial charge in [-0.05, 0) is 50.1 Å². The van der Waals surface area contributed by atoms with Gasteiger partial charge in [0.05, 0.1) is 18.9 Å². The molecule has 0 bridgehead atoms. The van der Waals surface area contributed by atoms with Gasteiger partial charge in [-0.1, -0.05) is 0 Å². The number of hydrogen-bond acceptors (Lipinski definition) is 8. The summed E-state index contributed by atoms with van der Waals surface area (Å²) < 4.78 is 17.9. The number of morpholine rings is 1. The first-order valence-electron chi connectivity index (χ1n) is 11.0. The van der Waals surface area contributed by atoms with Crippen molar-refractivity contribution in [2.45, 2.75) is 26.7 Å². The van der Waals surface area contributed by atoms with Crippen LogP contribution in [0.15, 0.2) is 30.3 Å². The normalized spacial score (nSPS) is 15.0. The fourth-order valence-corrected chi connectivity index (χ4v) is 4.09. The van der Waals surface area contributed by atoms with Crippen LogP contribution in [0.5, 0.6) is 11.5 Å². The molecule has 0 atom stereocenters. The number of carbonyl (C=O) groups excluding carboxylic acids is 1. The van der Waals surface area contributed by atoms with E-state index in [1.807, 2.05) is 26.0 Å². The largest absolute Gasteiger partial charge is 0.454 e. The molecule has 0 spiro atoms. The molecule has 172 valence electrons. The third kappa shape index (κ3) is 4.47. The Morgan fingerprint density at radius 3 is 2.58 bits per heavy atom. The van der Waals surface area contributed by atoms with Crippen molar-refractivity contribution in [1.82, 2.24) is 20.0 Å². The van der Waals surface area contributed by atoms with Gasteiger partial charge in [-0.15, -0.1) is 10.2 Å². The van der Waals surface area contributed by atoms with Crippen LogP contribution in [0.4, 0.5) is 11.5 Å². The number of nitrogens with zero attached hydrogens (tertiary/aromatic N) is 5. The number of fused-ring (bicyclic) bond motifs is 1. The molecule has 1 N–H and O–H groups in total. The molecular formula is C23H26N6O4. The average molecular weight is 450 g/mol. The number of hydrogen-bond donors (Lipinski definition) is 1. The van der Waals surface area contributed by atoms with Crippen LogP contribution in [0.3, 0.4) is 0 Å². The molecule has 4 heterocycles. The van der Waals surface area contributed by atoms with Crippen LogP contribution in [0.2, 0.25) is 0 Å². The predicted molar refractivity (Wildman–Crippen MR) is 121 cm³/mol. The van der Waals surface area contributed by atoms with Crippen LogP contribution < -0.4 is 19.7 Å². The Bertz CT molecular complexity index is 1150. The van der Waals surface area contributed by atoms with Crippen LogP contribution in [0, 0.1) is 13.8 Å². The molecule has 2 aliphatic heterocycles. The zero-order chi connectivity index (χ0) is 22.8. The minimum absolute atomic E-state index is 0.0740. The first kappa shape index (κ1) is 21.2. The molecule has 0 radical (unpaired) electrons. The molecule has 0 aliphatic carbocycles. The fraction of sp³-hybridized carbons (Fsp3) is 0.391. The quantitative estimate of drug-likeness (QED) is 0.611. The fourth-order valence-electron chi connectivity index (χ4n) is 4.09. The van der Waals surface area contributed by atoms with Crippen LogP contribution in [-0.2, 0) is 16.0 Å². The second-order valence-electron chi connectivity index (χ2n) is 8.03. The van der Waals surface area contributed by atoms with E-state index in [0.717, 1.165) is 35.9 Å². The van der Waals surface area contributed by atoms with Gasteiger partial charge in [-0.2, -0.15) is 5.10 Å². The molecule has 10 heteroatoms. The summed E-state index contributed by atoms with van der Waals surface area (Å²) in [5.74, 6) is 2.75. The topological polar surface area (TPSA) is 104 Å². The highest BCUT2D eigenvalue weighted by Crippen LogP contribution is 2.34. The molecule has 10 nitrogen and oxygen atoms in total. The van der Waals surface area contributed by atoms with Crippen molar-refractivity contribution in [3.05, 3.63) is 47.3 Å². The van der Waals surface area contributed by atoms with Crippen LogP contribution in [-0.4, -0.2) is 59.0 Å². The lowest BCUT2D eigenvalue weighted by atomic mass is 10.1. The van der Waals surface area contributed by atoms with Crippen molar-refractivity contribution in [3.8, 4) is 17.3 Å². The zero-order valence-corrected chi connectivity index (χ0v) is 18.7. The second-order valence-corrected chi connectivity index (χ2v) is 8.03. The van der Waals surface area contributed by atoms with E-state index in [1.165, 1.54) is 0 Å². The number of aromatic nitrogens is 4. The van der Waals surface area contributed by atoms with Crippen LogP contribution >= 0.6 is 0 Å². The van der Waals surface area contributed by atoms with Crippen LogP contribution in [0.25, 0.3) is 5.82 Å². The smallest absolute Gasteiger partial charge is 0.231 e. The molecule has 1 fully saturated rings. The van der Waals surface area contributed by atoms with E-state index >= 15 is 0 Å².